The van der Waals surface area contributed by atoms with Gasteiger partial charge in [0, 0.05) is 24.1 Å². The van der Waals surface area contributed by atoms with Crippen LogP contribution in [0.1, 0.15) is 25.8 Å². The van der Waals surface area contributed by atoms with E-state index in [1.165, 1.54) is 12.1 Å². The van der Waals surface area contributed by atoms with Crippen LogP contribution in [0.2, 0.25) is 0 Å². The third-order valence-corrected chi connectivity index (χ3v) is 3.99. The second-order valence-electron chi connectivity index (χ2n) is 6.28. The summed E-state index contributed by atoms with van der Waals surface area (Å²) in [7, 11) is 0. The van der Waals surface area contributed by atoms with Crippen LogP contribution in [-0.4, -0.2) is 29.1 Å². The van der Waals surface area contributed by atoms with Crippen LogP contribution in [0.3, 0.4) is 0 Å². The number of fused-ring (bicyclic) bond motifs is 2. The van der Waals surface area contributed by atoms with Crippen molar-refractivity contribution in [2.75, 3.05) is 6.61 Å². The fourth-order valence-electron chi connectivity index (χ4n) is 3.10. The zero-order chi connectivity index (χ0) is 17.0. The van der Waals surface area contributed by atoms with Crippen molar-refractivity contribution in [2.45, 2.75) is 37.3 Å². The van der Waals surface area contributed by atoms with Crippen LogP contribution < -0.4 is 10.5 Å². The molecule has 1 aromatic carbocycles. The number of rotatable bonds is 1. The SMILES string of the molecule is CC1(C)C[C@@]2(N=C(N)OCC2(F)F)c2cc([N+](=O)[O-])ccc2O1. The summed E-state index contributed by atoms with van der Waals surface area (Å²) in [5, 5.41) is 11.0. The number of aliphatic imine (C=N–C) groups is 1. The molecule has 0 saturated carbocycles. The van der Waals surface area contributed by atoms with Crippen LogP contribution in [0.4, 0.5) is 14.5 Å². The molecule has 0 unspecified atom stereocenters. The Bertz CT molecular complexity index is 720. The molecule has 2 N–H and O–H groups in total. The second-order valence-corrected chi connectivity index (χ2v) is 6.28. The van der Waals surface area contributed by atoms with E-state index in [2.05, 4.69) is 9.73 Å². The number of ether oxygens (including phenoxy) is 2. The molecule has 2 heterocycles. The number of nitrogens with zero attached hydrogens (tertiary/aromatic N) is 2. The molecule has 0 fully saturated rings. The second kappa shape index (κ2) is 4.53. The molecule has 0 bridgehead atoms. The minimum Gasteiger partial charge on any atom is -0.487 e. The van der Waals surface area contributed by atoms with Crippen LogP contribution in [0.15, 0.2) is 23.2 Å². The molecule has 0 amide bonds. The topological polar surface area (TPSA) is 100.0 Å². The van der Waals surface area contributed by atoms with Gasteiger partial charge in [0.15, 0.2) is 12.1 Å². The molecule has 0 aliphatic carbocycles. The van der Waals surface area contributed by atoms with E-state index in [1.54, 1.807) is 13.8 Å². The minimum absolute atomic E-state index is 0.0534. The van der Waals surface area contributed by atoms with Crippen molar-refractivity contribution in [3.8, 4) is 5.75 Å². The van der Waals surface area contributed by atoms with Crippen molar-refractivity contribution in [1.82, 2.24) is 0 Å². The molecule has 0 saturated heterocycles. The Balaban J connectivity index is 2.31. The summed E-state index contributed by atoms with van der Waals surface area (Å²) >= 11 is 0. The van der Waals surface area contributed by atoms with Gasteiger partial charge < -0.3 is 15.2 Å². The van der Waals surface area contributed by atoms with Crippen LogP contribution in [0.5, 0.6) is 5.75 Å². The molecule has 1 atom stereocenters. The molecule has 9 heteroatoms. The van der Waals surface area contributed by atoms with Gasteiger partial charge in [0.05, 0.1) is 4.92 Å². The van der Waals surface area contributed by atoms with E-state index in [-0.39, 0.29) is 29.4 Å². The molecule has 0 aromatic heterocycles. The Labute approximate surface area is 130 Å². The van der Waals surface area contributed by atoms with Gasteiger partial charge in [-0.05, 0) is 19.9 Å². The molecular formula is C14H15F2N3O4. The summed E-state index contributed by atoms with van der Waals surface area (Å²) in [4.78, 5) is 14.2. The van der Waals surface area contributed by atoms with Gasteiger partial charge in [-0.2, -0.15) is 8.78 Å². The van der Waals surface area contributed by atoms with Gasteiger partial charge in [-0.1, -0.05) is 0 Å². The van der Waals surface area contributed by atoms with E-state index < -0.39 is 28.6 Å². The Kier molecular flexibility index (Phi) is 3.04. The van der Waals surface area contributed by atoms with Crippen LogP contribution in [0.25, 0.3) is 0 Å². The predicted octanol–water partition coefficient (Wildman–Crippen LogP) is 2.33. The standard InChI is InChI=1S/C14H15F2N3O4/c1-12(2)6-13(14(15,16)7-22-11(17)18-13)9-5-8(19(20)21)3-4-10(9)23-12/h3-5H,6-7H2,1-2H3,(H2,17,18)/t13-/m1/s1. The maximum Gasteiger partial charge on any atom is 0.310 e. The lowest BCUT2D eigenvalue weighted by Crippen LogP contribution is -2.58. The number of amidine groups is 1. The largest absolute Gasteiger partial charge is 0.487 e. The number of hydrogen-bond donors (Lipinski definition) is 1. The van der Waals surface area contributed by atoms with Crippen molar-refractivity contribution < 1.29 is 23.2 Å². The Morgan fingerprint density at radius 2 is 2.09 bits per heavy atom. The number of alkyl halides is 2. The molecule has 1 aromatic rings. The molecule has 3 rings (SSSR count). The molecule has 2 aliphatic rings. The van der Waals surface area contributed by atoms with Gasteiger partial charge >= 0.3 is 5.92 Å². The summed E-state index contributed by atoms with van der Waals surface area (Å²) < 4.78 is 39.9. The summed E-state index contributed by atoms with van der Waals surface area (Å²) in [6.45, 7) is 2.35. The molecule has 0 radical (unpaired) electrons. The normalized spacial score (nSPS) is 27.4. The Morgan fingerprint density at radius 1 is 1.39 bits per heavy atom. The number of halogens is 2. The molecular weight excluding hydrogens is 312 g/mol. The van der Waals surface area contributed by atoms with Crippen molar-refractivity contribution in [3.63, 3.8) is 0 Å². The highest BCUT2D eigenvalue weighted by molar-refractivity contribution is 5.74. The van der Waals surface area contributed by atoms with Gasteiger partial charge in [-0.25, -0.2) is 4.99 Å². The van der Waals surface area contributed by atoms with Crippen LogP contribution in [0, 0.1) is 10.1 Å². The van der Waals surface area contributed by atoms with Gasteiger partial charge in [0.1, 0.15) is 11.4 Å². The average molecular weight is 327 g/mol. The zero-order valence-corrected chi connectivity index (χ0v) is 12.5. The number of non-ortho nitro benzene ring substituents is 1. The first-order valence-electron chi connectivity index (χ1n) is 6.90. The zero-order valence-electron chi connectivity index (χ0n) is 12.5. The van der Waals surface area contributed by atoms with Gasteiger partial charge in [0.25, 0.3) is 11.7 Å². The fraction of sp³-hybridized carbons (Fsp3) is 0.500. The van der Waals surface area contributed by atoms with Crippen molar-refractivity contribution in [2.24, 2.45) is 10.7 Å². The first-order valence-corrected chi connectivity index (χ1v) is 6.90. The van der Waals surface area contributed by atoms with E-state index in [9.17, 15) is 18.9 Å². The van der Waals surface area contributed by atoms with Crippen LogP contribution >= 0.6 is 0 Å². The lowest BCUT2D eigenvalue weighted by molar-refractivity contribution is -0.385. The fourth-order valence-corrected chi connectivity index (χ4v) is 3.10. The first kappa shape index (κ1) is 15.4. The third-order valence-electron chi connectivity index (χ3n) is 3.99. The number of nitrogens with two attached hydrogens (primary N) is 1. The maximum atomic E-state index is 14.8. The molecule has 1 spiro atoms. The molecule has 7 nitrogen and oxygen atoms in total. The summed E-state index contributed by atoms with van der Waals surface area (Å²) in [6, 6.07) is 3.22. The predicted molar refractivity (Wildman–Crippen MR) is 76.6 cm³/mol. The quantitative estimate of drug-likeness (QED) is 0.630. The lowest BCUT2D eigenvalue weighted by atomic mass is 9.73. The van der Waals surface area contributed by atoms with Crippen LogP contribution in [-0.2, 0) is 10.3 Å². The number of nitro groups is 1. The molecule has 23 heavy (non-hydrogen) atoms. The highest BCUT2D eigenvalue weighted by Gasteiger charge is 2.63. The lowest BCUT2D eigenvalue weighted by Gasteiger charge is -2.48. The highest BCUT2D eigenvalue weighted by atomic mass is 19.3. The number of benzene rings is 1. The minimum atomic E-state index is -3.39. The molecule has 2 aliphatic heterocycles. The first-order chi connectivity index (χ1) is 10.6. The van der Waals surface area contributed by atoms with Crippen molar-refractivity contribution in [3.05, 3.63) is 33.9 Å². The summed E-state index contributed by atoms with van der Waals surface area (Å²) in [5.41, 5.74) is 2.15. The monoisotopic (exact) mass is 327 g/mol. The van der Waals surface area contributed by atoms with E-state index in [4.69, 9.17) is 10.5 Å². The van der Waals surface area contributed by atoms with E-state index in [1.807, 2.05) is 0 Å². The van der Waals surface area contributed by atoms with E-state index in [0.717, 1.165) is 6.07 Å². The summed E-state index contributed by atoms with van der Waals surface area (Å²) in [6.07, 6.45) is -0.189. The smallest absolute Gasteiger partial charge is 0.310 e. The van der Waals surface area contributed by atoms with Crippen molar-refractivity contribution in [1.29, 1.82) is 0 Å². The van der Waals surface area contributed by atoms with Gasteiger partial charge in [-0.3, -0.25) is 10.1 Å². The number of hydrogen-bond acceptors (Lipinski definition) is 6. The number of nitro benzene ring substituents is 1. The summed E-state index contributed by atoms with van der Waals surface area (Å²) in [5.74, 6) is -3.26. The third kappa shape index (κ3) is 2.27. The highest BCUT2D eigenvalue weighted by Crippen LogP contribution is 2.55. The molecule has 124 valence electrons. The maximum absolute atomic E-state index is 14.8. The van der Waals surface area contributed by atoms with Gasteiger partial charge in [0.2, 0.25) is 0 Å². The van der Waals surface area contributed by atoms with E-state index >= 15 is 0 Å². The van der Waals surface area contributed by atoms with E-state index in [0.29, 0.717) is 0 Å². The Hall–Kier alpha value is -2.45. The van der Waals surface area contributed by atoms with Gasteiger partial charge in [-0.15, -0.1) is 0 Å². The Morgan fingerprint density at radius 3 is 2.74 bits per heavy atom. The van der Waals surface area contributed by atoms with Crippen molar-refractivity contribution >= 4 is 11.7 Å². The average Bonchev–Trinajstić information content (AvgIpc) is 2.42.